The van der Waals surface area contributed by atoms with Gasteiger partial charge in [-0.2, -0.15) is 5.26 Å². The molecule has 0 radical (unpaired) electrons. The number of hydrogen-bond acceptors (Lipinski definition) is 3. The zero-order valence-corrected chi connectivity index (χ0v) is 9.00. The molecule has 0 atom stereocenters. The average Bonchev–Trinajstić information content (AvgIpc) is 2.50. The number of nitrogens with two attached hydrogens (primary N) is 1. The molecule has 1 heterocycles. The molecule has 2 rings (SSSR count). The second-order valence-electron chi connectivity index (χ2n) is 4.49. The minimum Gasteiger partial charge on any atom is -0.486 e. The Labute approximate surface area is 89.5 Å². The normalized spacial score (nSPS) is 16.7. The summed E-state index contributed by atoms with van der Waals surface area (Å²) in [5.41, 5.74) is 8.06. The highest BCUT2D eigenvalue weighted by atomic mass is 16.5. The van der Waals surface area contributed by atoms with Crippen LogP contribution in [0.5, 0.6) is 5.75 Å². The minimum atomic E-state index is -0.207. The number of nitriles is 1. The first kappa shape index (κ1) is 10.0. The number of ether oxygens (including phenoxy) is 1. The Morgan fingerprint density at radius 1 is 1.53 bits per heavy atom. The first-order chi connectivity index (χ1) is 7.05. The van der Waals surface area contributed by atoms with E-state index < -0.39 is 0 Å². The Morgan fingerprint density at radius 3 is 2.87 bits per heavy atom. The molecule has 0 saturated heterocycles. The summed E-state index contributed by atoms with van der Waals surface area (Å²) in [5.74, 6) is 0.736. The Hall–Kier alpha value is -1.53. The lowest BCUT2D eigenvalue weighted by molar-refractivity contribution is 0.138. The molecule has 78 valence electrons. The fraction of sp³-hybridized carbons (Fsp3) is 0.417. The summed E-state index contributed by atoms with van der Waals surface area (Å²) in [6.07, 6.45) is 0.838. The van der Waals surface area contributed by atoms with E-state index in [2.05, 4.69) is 6.07 Å². The van der Waals surface area contributed by atoms with Gasteiger partial charge in [-0.15, -0.1) is 0 Å². The van der Waals surface area contributed by atoms with Gasteiger partial charge in [0.25, 0.3) is 0 Å². The van der Waals surface area contributed by atoms with E-state index in [-0.39, 0.29) is 5.60 Å². The van der Waals surface area contributed by atoms with E-state index in [9.17, 15) is 0 Å². The number of nitrogens with zero attached hydrogens (tertiary/aromatic N) is 1. The van der Waals surface area contributed by atoms with Crippen molar-refractivity contribution < 1.29 is 4.74 Å². The molecule has 1 aliphatic heterocycles. The molecule has 3 nitrogen and oxygen atoms in total. The van der Waals surface area contributed by atoms with Gasteiger partial charge in [-0.25, -0.2) is 0 Å². The first-order valence-electron chi connectivity index (χ1n) is 5.01. The van der Waals surface area contributed by atoms with Gasteiger partial charge in [0.2, 0.25) is 0 Å². The van der Waals surface area contributed by atoms with Gasteiger partial charge >= 0.3 is 0 Å². The molecule has 0 unspecified atom stereocenters. The molecule has 0 spiro atoms. The van der Waals surface area contributed by atoms with Gasteiger partial charge in [0.15, 0.2) is 0 Å². The predicted molar refractivity (Wildman–Crippen MR) is 57.5 cm³/mol. The summed E-state index contributed by atoms with van der Waals surface area (Å²) >= 11 is 0. The van der Waals surface area contributed by atoms with E-state index in [4.69, 9.17) is 15.7 Å². The van der Waals surface area contributed by atoms with E-state index in [1.54, 1.807) is 6.07 Å². The zero-order chi connectivity index (χ0) is 11.1. The summed E-state index contributed by atoms with van der Waals surface area (Å²) in [7, 11) is 0. The Balaban J connectivity index is 2.54. The maximum absolute atomic E-state index is 9.02. The third-order valence-corrected chi connectivity index (χ3v) is 2.58. The molecule has 0 fully saturated rings. The molecule has 1 aromatic rings. The van der Waals surface area contributed by atoms with Crippen molar-refractivity contribution in [2.45, 2.75) is 32.4 Å². The second-order valence-corrected chi connectivity index (χ2v) is 4.49. The fourth-order valence-electron chi connectivity index (χ4n) is 1.98. The van der Waals surface area contributed by atoms with Crippen LogP contribution < -0.4 is 10.5 Å². The zero-order valence-electron chi connectivity index (χ0n) is 9.00. The molecule has 1 aromatic carbocycles. The van der Waals surface area contributed by atoms with Crippen molar-refractivity contribution in [3.05, 3.63) is 28.8 Å². The summed E-state index contributed by atoms with van der Waals surface area (Å²) < 4.78 is 5.75. The van der Waals surface area contributed by atoms with Gasteiger partial charge in [-0.3, -0.25) is 0 Å². The lowest BCUT2D eigenvalue weighted by Crippen LogP contribution is -2.24. The van der Waals surface area contributed by atoms with Crippen molar-refractivity contribution in [3.63, 3.8) is 0 Å². The molecule has 2 N–H and O–H groups in total. The molecule has 3 heteroatoms. The SMILES string of the molecule is CC1(C)Cc2cc(CN)cc(C#N)c2O1. The van der Waals surface area contributed by atoms with Crippen molar-refractivity contribution in [2.75, 3.05) is 0 Å². The van der Waals surface area contributed by atoms with Gasteiger partial charge in [0.1, 0.15) is 17.4 Å². The Kier molecular flexibility index (Phi) is 2.17. The fourth-order valence-corrected chi connectivity index (χ4v) is 1.98. The third-order valence-electron chi connectivity index (χ3n) is 2.58. The van der Waals surface area contributed by atoms with Crippen LogP contribution in [0.3, 0.4) is 0 Å². The van der Waals surface area contributed by atoms with Gasteiger partial charge < -0.3 is 10.5 Å². The topological polar surface area (TPSA) is 59.0 Å². The van der Waals surface area contributed by atoms with Crippen LogP contribution in [0.2, 0.25) is 0 Å². The van der Waals surface area contributed by atoms with E-state index in [0.717, 1.165) is 23.3 Å². The minimum absolute atomic E-state index is 0.207. The molecule has 0 aromatic heterocycles. The lowest BCUT2D eigenvalue weighted by atomic mass is 9.98. The number of fused-ring (bicyclic) bond motifs is 1. The van der Waals surface area contributed by atoms with E-state index in [1.807, 2.05) is 19.9 Å². The molecule has 1 aliphatic rings. The molecular weight excluding hydrogens is 188 g/mol. The van der Waals surface area contributed by atoms with Gasteiger partial charge in [-0.05, 0) is 31.0 Å². The quantitative estimate of drug-likeness (QED) is 0.754. The monoisotopic (exact) mass is 202 g/mol. The maximum atomic E-state index is 9.02. The second kappa shape index (κ2) is 3.25. The van der Waals surface area contributed by atoms with E-state index >= 15 is 0 Å². The summed E-state index contributed by atoms with van der Waals surface area (Å²) in [6.45, 7) is 4.51. The Morgan fingerprint density at radius 2 is 2.27 bits per heavy atom. The number of rotatable bonds is 1. The van der Waals surface area contributed by atoms with Gasteiger partial charge in [0, 0.05) is 13.0 Å². The molecule has 0 amide bonds. The predicted octanol–water partition coefficient (Wildman–Crippen LogP) is 1.73. The van der Waals surface area contributed by atoms with Crippen LogP contribution in [-0.4, -0.2) is 5.60 Å². The van der Waals surface area contributed by atoms with Crippen molar-refractivity contribution in [1.29, 1.82) is 5.26 Å². The molecule has 0 aliphatic carbocycles. The van der Waals surface area contributed by atoms with Crippen molar-refractivity contribution in [1.82, 2.24) is 0 Å². The lowest BCUT2D eigenvalue weighted by Gasteiger charge is -2.17. The van der Waals surface area contributed by atoms with Crippen LogP contribution in [0, 0.1) is 11.3 Å². The van der Waals surface area contributed by atoms with Crippen LogP contribution in [0.25, 0.3) is 0 Å². The van der Waals surface area contributed by atoms with Gasteiger partial charge in [-0.1, -0.05) is 6.07 Å². The standard InChI is InChI=1S/C12H14N2O/c1-12(2)5-9-3-8(6-13)4-10(7-14)11(9)15-12/h3-4H,5-6,13H2,1-2H3. The highest BCUT2D eigenvalue weighted by Crippen LogP contribution is 2.38. The summed E-state index contributed by atoms with van der Waals surface area (Å²) in [6, 6.07) is 6.00. The largest absolute Gasteiger partial charge is 0.486 e. The van der Waals surface area contributed by atoms with Crippen LogP contribution in [0.4, 0.5) is 0 Å². The molecule has 0 saturated carbocycles. The molecular formula is C12H14N2O. The van der Waals surface area contributed by atoms with E-state index in [1.165, 1.54) is 0 Å². The third kappa shape index (κ3) is 1.69. The average molecular weight is 202 g/mol. The maximum Gasteiger partial charge on any atom is 0.141 e. The van der Waals surface area contributed by atoms with Crippen LogP contribution in [0.15, 0.2) is 12.1 Å². The number of hydrogen-bond donors (Lipinski definition) is 1. The van der Waals surface area contributed by atoms with Gasteiger partial charge in [0.05, 0.1) is 5.56 Å². The summed E-state index contributed by atoms with van der Waals surface area (Å²) in [5, 5.41) is 9.02. The first-order valence-corrected chi connectivity index (χ1v) is 5.01. The summed E-state index contributed by atoms with van der Waals surface area (Å²) in [4.78, 5) is 0. The van der Waals surface area contributed by atoms with Crippen molar-refractivity contribution >= 4 is 0 Å². The Bertz CT molecular complexity index is 444. The smallest absolute Gasteiger partial charge is 0.141 e. The molecule has 0 bridgehead atoms. The van der Waals surface area contributed by atoms with Crippen molar-refractivity contribution in [2.24, 2.45) is 5.73 Å². The van der Waals surface area contributed by atoms with E-state index in [0.29, 0.717) is 12.1 Å². The number of benzene rings is 1. The molecule has 15 heavy (non-hydrogen) atoms. The highest BCUT2D eigenvalue weighted by molar-refractivity contribution is 5.53. The van der Waals surface area contributed by atoms with Crippen LogP contribution >= 0.6 is 0 Å². The van der Waals surface area contributed by atoms with Crippen molar-refractivity contribution in [3.8, 4) is 11.8 Å². The van der Waals surface area contributed by atoms with Crippen LogP contribution in [-0.2, 0) is 13.0 Å². The van der Waals surface area contributed by atoms with Crippen LogP contribution in [0.1, 0.15) is 30.5 Å². The highest BCUT2D eigenvalue weighted by Gasteiger charge is 2.32.